The Labute approximate surface area is 144 Å². The van der Waals surface area contributed by atoms with Crippen LogP contribution in [0, 0.1) is 0 Å². The second-order valence-corrected chi connectivity index (χ2v) is 6.40. The summed E-state index contributed by atoms with van der Waals surface area (Å²) in [6.07, 6.45) is 7.38. The summed E-state index contributed by atoms with van der Waals surface area (Å²) in [5.41, 5.74) is 7.46. The van der Waals surface area contributed by atoms with E-state index >= 15 is 0 Å². The number of hydrogen-bond donors (Lipinski definition) is 2. The highest BCUT2D eigenvalue weighted by atomic mass is 16.2. The van der Waals surface area contributed by atoms with E-state index in [0.29, 0.717) is 19.4 Å². The maximum absolute atomic E-state index is 11.9. The van der Waals surface area contributed by atoms with Crippen molar-refractivity contribution in [2.24, 2.45) is 5.73 Å². The first-order valence-corrected chi connectivity index (χ1v) is 9.07. The topological polar surface area (TPSA) is 75.4 Å². The van der Waals surface area contributed by atoms with Gasteiger partial charge in [0.1, 0.15) is 0 Å². The van der Waals surface area contributed by atoms with E-state index in [2.05, 4.69) is 5.32 Å². The fraction of sp³-hybridized carbons (Fsp3) is 0.579. The van der Waals surface area contributed by atoms with Crippen molar-refractivity contribution in [1.82, 2.24) is 5.32 Å². The van der Waals surface area contributed by atoms with Crippen molar-refractivity contribution in [3.63, 3.8) is 0 Å². The molecule has 1 fully saturated rings. The Morgan fingerprint density at radius 3 is 2.54 bits per heavy atom. The molecule has 0 bridgehead atoms. The summed E-state index contributed by atoms with van der Waals surface area (Å²) in [6.45, 7) is 2.07. The van der Waals surface area contributed by atoms with Crippen molar-refractivity contribution in [2.45, 2.75) is 57.9 Å². The SMILES string of the molecule is NCCCCCCC(=O)NCc1ccc(N2CCCCC2=O)cc1. The first-order chi connectivity index (χ1) is 11.7. The number of nitrogens with zero attached hydrogens (tertiary/aromatic N) is 1. The molecule has 2 amide bonds. The third-order valence-corrected chi connectivity index (χ3v) is 4.42. The largest absolute Gasteiger partial charge is 0.352 e. The lowest BCUT2D eigenvalue weighted by Gasteiger charge is -2.26. The quantitative estimate of drug-likeness (QED) is 0.683. The number of nitrogens with two attached hydrogens (primary N) is 1. The lowest BCUT2D eigenvalue weighted by Crippen LogP contribution is -2.35. The Hall–Kier alpha value is -1.88. The van der Waals surface area contributed by atoms with Crippen molar-refractivity contribution in [3.8, 4) is 0 Å². The Bertz CT molecular complexity index is 528. The molecule has 0 aromatic heterocycles. The Balaban J connectivity index is 1.71. The van der Waals surface area contributed by atoms with Crippen LogP contribution in [-0.2, 0) is 16.1 Å². The van der Waals surface area contributed by atoms with E-state index in [1.165, 1.54) is 0 Å². The van der Waals surface area contributed by atoms with Gasteiger partial charge in [-0.1, -0.05) is 25.0 Å². The highest BCUT2D eigenvalue weighted by Crippen LogP contribution is 2.21. The van der Waals surface area contributed by atoms with Crippen LogP contribution in [0.1, 0.15) is 56.9 Å². The average molecular weight is 331 g/mol. The first kappa shape index (κ1) is 18.5. The number of amides is 2. The molecule has 0 unspecified atom stereocenters. The van der Waals surface area contributed by atoms with Crippen molar-refractivity contribution >= 4 is 17.5 Å². The third-order valence-electron chi connectivity index (χ3n) is 4.42. The van der Waals surface area contributed by atoms with Crippen LogP contribution >= 0.6 is 0 Å². The monoisotopic (exact) mass is 331 g/mol. The molecular weight excluding hydrogens is 302 g/mol. The third kappa shape index (κ3) is 5.96. The van der Waals surface area contributed by atoms with E-state index in [-0.39, 0.29) is 11.8 Å². The minimum atomic E-state index is 0.0954. The van der Waals surface area contributed by atoms with Gasteiger partial charge in [0.2, 0.25) is 11.8 Å². The fourth-order valence-electron chi connectivity index (χ4n) is 2.95. The van der Waals surface area contributed by atoms with E-state index in [1.54, 1.807) is 0 Å². The van der Waals surface area contributed by atoms with Gasteiger partial charge < -0.3 is 16.0 Å². The van der Waals surface area contributed by atoms with Crippen molar-refractivity contribution < 1.29 is 9.59 Å². The maximum Gasteiger partial charge on any atom is 0.226 e. The lowest BCUT2D eigenvalue weighted by molar-refractivity contribution is -0.121. The molecule has 0 aliphatic carbocycles. The van der Waals surface area contributed by atoms with E-state index in [0.717, 1.165) is 62.9 Å². The standard InChI is InChI=1S/C19H29N3O2/c20-13-5-2-1-3-7-18(23)21-15-16-9-11-17(12-10-16)22-14-6-4-8-19(22)24/h9-12H,1-8,13-15,20H2,(H,21,23). The summed E-state index contributed by atoms with van der Waals surface area (Å²) >= 11 is 0. The number of unbranched alkanes of at least 4 members (excludes halogenated alkanes) is 3. The summed E-state index contributed by atoms with van der Waals surface area (Å²) in [6, 6.07) is 7.91. The predicted octanol–water partition coefficient (Wildman–Crippen LogP) is 2.73. The zero-order valence-corrected chi connectivity index (χ0v) is 14.4. The smallest absolute Gasteiger partial charge is 0.226 e. The van der Waals surface area contributed by atoms with Gasteiger partial charge in [-0.25, -0.2) is 0 Å². The Morgan fingerprint density at radius 2 is 1.83 bits per heavy atom. The zero-order valence-electron chi connectivity index (χ0n) is 14.4. The maximum atomic E-state index is 11.9. The van der Waals surface area contributed by atoms with Crippen LogP contribution in [0.3, 0.4) is 0 Å². The van der Waals surface area contributed by atoms with Gasteiger partial charge in [0, 0.05) is 31.6 Å². The molecule has 2 rings (SSSR count). The van der Waals surface area contributed by atoms with E-state index in [9.17, 15) is 9.59 Å². The second-order valence-electron chi connectivity index (χ2n) is 6.40. The number of piperidine rings is 1. The van der Waals surface area contributed by atoms with Gasteiger partial charge in [0.25, 0.3) is 0 Å². The number of carbonyl (C=O) groups excluding carboxylic acids is 2. The van der Waals surface area contributed by atoms with E-state index in [4.69, 9.17) is 5.73 Å². The highest BCUT2D eigenvalue weighted by Gasteiger charge is 2.19. The van der Waals surface area contributed by atoms with Gasteiger partial charge in [0.05, 0.1) is 0 Å². The number of hydrogen-bond acceptors (Lipinski definition) is 3. The normalized spacial score (nSPS) is 14.7. The van der Waals surface area contributed by atoms with Gasteiger partial charge in [0.15, 0.2) is 0 Å². The molecule has 1 aliphatic heterocycles. The van der Waals surface area contributed by atoms with Crippen LogP contribution in [0.15, 0.2) is 24.3 Å². The summed E-state index contributed by atoms with van der Waals surface area (Å²) in [5, 5.41) is 2.95. The lowest BCUT2D eigenvalue weighted by atomic mass is 10.1. The predicted molar refractivity (Wildman–Crippen MR) is 96.6 cm³/mol. The van der Waals surface area contributed by atoms with E-state index in [1.807, 2.05) is 29.2 Å². The summed E-state index contributed by atoms with van der Waals surface area (Å²) in [7, 11) is 0. The summed E-state index contributed by atoms with van der Waals surface area (Å²) < 4.78 is 0. The molecular formula is C19H29N3O2. The first-order valence-electron chi connectivity index (χ1n) is 9.07. The molecule has 0 radical (unpaired) electrons. The zero-order chi connectivity index (χ0) is 17.2. The van der Waals surface area contributed by atoms with Crippen LogP contribution in [0.25, 0.3) is 0 Å². The van der Waals surface area contributed by atoms with Gasteiger partial charge in [-0.15, -0.1) is 0 Å². The number of nitrogens with one attached hydrogen (secondary N) is 1. The van der Waals surface area contributed by atoms with Gasteiger partial charge in [-0.2, -0.15) is 0 Å². The average Bonchev–Trinajstić information content (AvgIpc) is 2.61. The molecule has 5 heteroatoms. The fourth-order valence-corrected chi connectivity index (χ4v) is 2.95. The van der Waals surface area contributed by atoms with Gasteiger partial charge >= 0.3 is 0 Å². The van der Waals surface area contributed by atoms with Gasteiger partial charge in [-0.3, -0.25) is 9.59 Å². The van der Waals surface area contributed by atoms with Crippen molar-refractivity contribution in [2.75, 3.05) is 18.0 Å². The molecule has 132 valence electrons. The van der Waals surface area contributed by atoms with Crippen molar-refractivity contribution in [1.29, 1.82) is 0 Å². The second kappa shape index (κ2) is 10.1. The van der Waals surface area contributed by atoms with Crippen LogP contribution in [0.4, 0.5) is 5.69 Å². The number of anilines is 1. The number of benzene rings is 1. The molecule has 1 aromatic rings. The molecule has 24 heavy (non-hydrogen) atoms. The molecule has 1 aliphatic rings. The van der Waals surface area contributed by atoms with Gasteiger partial charge in [-0.05, 0) is 49.9 Å². The number of carbonyl (C=O) groups is 2. The van der Waals surface area contributed by atoms with Crippen LogP contribution in [-0.4, -0.2) is 24.9 Å². The van der Waals surface area contributed by atoms with Crippen LogP contribution in [0.2, 0.25) is 0 Å². The van der Waals surface area contributed by atoms with E-state index < -0.39 is 0 Å². The Morgan fingerprint density at radius 1 is 1.08 bits per heavy atom. The molecule has 3 N–H and O–H groups in total. The molecule has 0 spiro atoms. The van der Waals surface area contributed by atoms with Crippen molar-refractivity contribution in [3.05, 3.63) is 29.8 Å². The molecule has 1 heterocycles. The summed E-state index contributed by atoms with van der Waals surface area (Å²) in [5.74, 6) is 0.301. The minimum Gasteiger partial charge on any atom is -0.352 e. The molecule has 0 atom stereocenters. The minimum absolute atomic E-state index is 0.0954. The van der Waals surface area contributed by atoms with Crippen LogP contribution in [0.5, 0.6) is 0 Å². The van der Waals surface area contributed by atoms with Crippen LogP contribution < -0.4 is 16.0 Å². The highest BCUT2D eigenvalue weighted by molar-refractivity contribution is 5.93. The molecule has 5 nitrogen and oxygen atoms in total. The molecule has 1 saturated heterocycles. The summed E-state index contributed by atoms with van der Waals surface area (Å²) in [4.78, 5) is 25.6. The Kier molecular flexibility index (Phi) is 7.75. The molecule has 0 saturated carbocycles. The molecule has 1 aromatic carbocycles. The number of rotatable bonds is 9.